The molecule has 0 aromatic carbocycles. The second-order valence-corrected chi connectivity index (χ2v) is 4.16. The van der Waals surface area contributed by atoms with Crippen molar-refractivity contribution in [2.75, 3.05) is 11.1 Å². The van der Waals surface area contributed by atoms with Gasteiger partial charge in [0.05, 0.1) is 12.2 Å². The van der Waals surface area contributed by atoms with E-state index in [-0.39, 0.29) is 6.04 Å². The molecule has 1 unspecified atom stereocenters. The van der Waals surface area contributed by atoms with Gasteiger partial charge in [-0.1, -0.05) is 0 Å². The molecule has 2 aromatic heterocycles. The summed E-state index contributed by atoms with van der Waals surface area (Å²) in [5, 5.41) is 7.46. The van der Waals surface area contributed by atoms with E-state index < -0.39 is 0 Å². The Hall–Kier alpha value is -2.04. The highest BCUT2D eigenvalue weighted by molar-refractivity contribution is 5.65. The Morgan fingerprint density at radius 2 is 2.29 bits per heavy atom. The quantitative estimate of drug-likeness (QED) is 0.839. The third-order valence-electron chi connectivity index (χ3n) is 2.61. The van der Waals surface area contributed by atoms with Crippen molar-refractivity contribution in [3.8, 4) is 0 Å². The molecule has 0 aliphatic carbocycles. The van der Waals surface area contributed by atoms with Gasteiger partial charge in [-0.15, -0.1) is 0 Å². The highest BCUT2D eigenvalue weighted by Gasteiger charge is 2.07. The number of nitrogen functional groups attached to an aromatic ring is 1. The summed E-state index contributed by atoms with van der Waals surface area (Å²) < 4.78 is 1.88. The molecular formula is C12H17N5. The predicted octanol–water partition coefficient (Wildman–Crippen LogP) is 1.67. The van der Waals surface area contributed by atoms with Crippen molar-refractivity contribution in [1.82, 2.24) is 14.8 Å². The molecule has 5 nitrogen and oxygen atoms in total. The van der Waals surface area contributed by atoms with Crippen LogP contribution in [0.25, 0.3) is 0 Å². The maximum atomic E-state index is 5.96. The first-order chi connectivity index (χ1) is 8.16. The highest BCUT2D eigenvalue weighted by atomic mass is 15.3. The van der Waals surface area contributed by atoms with Crippen LogP contribution in [-0.4, -0.2) is 20.8 Å². The van der Waals surface area contributed by atoms with Crippen LogP contribution in [0, 0.1) is 6.92 Å². The first kappa shape index (κ1) is 11.4. The van der Waals surface area contributed by atoms with E-state index in [0.29, 0.717) is 5.69 Å². The van der Waals surface area contributed by atoms with E-state index in [9.17, 15) is 0 Å². The van der Waals surface area contributed by atoms with Gasteiger partial charge in [0.1, 0.15) is 5.82 Å². The van der Waals surface area contributed by atoms with Crippen molar-refractivity contribution >= 4 is 11.5 Å². The lowest BCUT2D eigenvalue weighted by molar-refractivity contribution is 0.560. The number of nitrogens with two attached hydrogens (primary N) is 1. The summed E-state index contributed by atoms with van der Waals surface area (Å²) in [6.45, 7) is 4.83. The molecule has 0 radical (unpaired) electrons. The Kier molecular flexibility index (Phi) is 3.27. The number of rotatable bonds is 4. The minimum absolute atomic E-state index is 0.214. The summed E-state index contributed by atoms with van der Waals surface area (Å²) in [4.78, 5) is 4.24. The largest absolute Gasteiger partial charge is 0.396 e. The fourth-order valence-corrected chi connectivity index (χ4v) is 1.65. The summed E-state index contributed by atoms with van der Waals surface area (Å²) in [6.07, 6.45) is 5.46. The fourth-order valence-electron chi connectivity index (χ4n) is 1.65. The van der Waals surface area contributed by atoms with Gasteiger partial charge in [-0.25, -0.2) is 4.98 Å². The van der Waals surface area contributed by atoms with Crippen molar-refractivity contribution in [1.29, 1.82) is 0 Å². The molecular weight excluding hydrogens is 214 g/mol. The maximum Gasteiger partial charge on any atom is 0.149 e. The molecule has 0 fully saturated rings. The number of aryl methyl sites for hydroxylation is 1. The molecule has 90 valence electrons. The summed E-state index contributed by atoms with van der Waals surface area (Å²) in [5.41, 5.74) is 7.70. The first-order valence-electron chi connectivity index (χ1n) is 5.62. The van der Waals surface area contributed by atoms with E-state index in [1.807, 2.05) is 29.9 Å². The SMILES string of the molecule is Cc1ccnc(NC(C)Cn2cccn2)c1N. The molecule has 2 aromatic rings. The lowest BCUT2D eigenvalue weighted by Gasteiger charge is -2.16. The maximum absolute atomic E-state index is 5.96. The van der Waals surface area contributed by atoms with E-state index in [4.69, 9.17) is 5.73 Å². The number of nitrogens with one attached hydrogen (secondary N) is 1. The Labute approximate surface area is 101 Å². The van der Waals surface area contributed by atoms with Gasteiger partial charge < -0.3 is 11.1 Å². The molecule has 0 saturated carbocycles. The number of aromatic nitrogens is 3. The zero-order chi connectivity index (χ0) is 12.3. The van der Waals surface area contributed by atoms with Gasteiger partial charge in [0.15, 0.2) is 0 Å². The molecule has 2 heterocycles. The van der Waals surface area contributed by atoms with Crippen LogP contribution < -0.4 is 11.1 Å². The molecule has 2 rings (SSSR count). The van der Waals surface area contributed by atoms with E-state index in [2.05, 4.69) is 22.3 Å². The normalized spacial score (nSPS) is 12.4. The van der Waals surface area contributed by atoms with Crippen LogP contribution in [0.15, 0.2) is 30.7 Å². The lowest BCUT2D eigenvalue weighted by Crippen LogP contribution is -2.23. The van der Waals surface area contributed by atoms with Crippen molar-refractivity contribution in [3.63, 3.8) is 0 Å². The topological polar surface area (TPSA) is 68.8 Å². The second kappa shape index (κ2) is 4.86. The summed E-state index contributed by atoms with van der Waals surface area (Å²) in [7, 11) is 0. The molecule has 0 amide bonds. The average Bonchev–Trinajstić information content (AvgIpc) is 2.77. The number of anilines is 2. The monoisotopic (exact) mass is 231 g/mol. The zero-order valence-corrected chi connectivity index (χ0v) is 10.1. The Bertz CT molecular complexity index is 478. The van der Waals surface area contributed by atoms with Gasteiger partial charge in [0, 0.05) is 24.6 Å². The van der Waals surface area contributed by atoms with Crippen molar-refractivity contribution in [2.45, 2.75) is 26.4 Å². The first-order valence-corrected chi connectivity index (χ1v) is 5.62. The zero-order valence-electron chi connectivity index (χ0n) is 10.1. The fraction of sp³-hybridized carbons (Fsp3) is 0.333. The lowest BCUT2D eigenvalue weighted by atomic mass is 10.2. The van der Waals surface area contributed by atoms with E-state index >= 15 is 0 Å². The third kappa shape index (κ3) is 2.75. The second-order valence-electron chi connectivity index (χ2n) is 4.16. The number of hydrogen-bond donors (Lipinski definition) is 2. The van der Waals surface area contributed by atoms with E-state index in [1.54, 1.807) is 12.4 Å². The molecule has 0 spiro atoms. The summed E-state index contributed by atoms with van der Waals surface area (Å²) >= 11 is 0. The number of nitrogens with zero attached hydrogens (tertiary/aromatic N) is 3. The van der Waals surface area contributed by atoms with Crippen molar-refractivity contribution < 1.29 is 0 Å². The minimum Gasteiger partial charge on any atom is -0.396 e. The van der Waals surface area contributed by atoms with Crippen LogP contribution in [0.2, 0.25) is 0 Å². The standard InChI is InChI=1S/C12H17N5/c1-9-4-6-14-12(11(9)13)16-10(2)8-17-7-3-5-15-17/h3-7,10H,8,13H2,1-2H3,(H,14,16). The third-order valence-corrected chi connectivity index (χ3v) is 2.61. The van der Waals surface area contributed by atoms with Crippen LogP contribution in [-0.2, 0) is 6.54 Å². The molecule has 0 bridgehead atoms. The van der Waals surface area contributed by atoms with Crippen molar-refractivity contribution in [2.24, 2.45) is 0 Å². The summed E-state index contributed by atoms with van der Waals surface area (Å²) in [6, 6.07) is 4.02. The van der Waals surface area contributed by atoms with Crippen molar-refractivity contribution in [3.05, 3.63) is 36.3 Å². The number of pyridine rings is 1. The van der Waals surface area contributed by atoms with Gasteiger partial charge in [0.25, 0.3) is 0 Å². The van der Waals surface area contributed by atoms with Gasteiger partial charge >= 0.3 is 0 Å². The Balaban J connectivity index is 2.03. The smallest absolute Gasteiger partial charge is 0.149 e. The molecule has 17 heavy (non-hydrogen) atoms. The van der Waals surface area contributed by atoms with Crippen LogP contribution >= 0.6 is 0 Å². The number of hydrogen-bond acceptors (Lipinski definition) is 4. The van der Waals surface area contributed by atoms with Crippen LogP contribution in [0.4, 0.5) is 11.5 Å². The van der Waals surface area contributed by atoms with Gasteiger partial charge in [-0.2, -0.15) is 5.10 Å². The molecule has 1 atom stereocenters. The molecule has 5 heteroatoms. The van der Waals surface area contributed by atoms with Crippen LogP contribution in [0.1, 0.15) is 12.5 Å². The molecule has 0 aliphatic rings. The minimum atomic E-state index is 0.214. The predicted molar refractivity (Wildman–Crippen MR) is 68.7 cm³/mol. The molecule has 0 saturated heterocycles. The van der Waals surface area contributed by atoms with Crippen LogP contribution in [0.5, 0.6) is 0 Å². The van der Waals surface area contributed by atoms with E-state index in [0.717, 1.165) is 17.9 Å². The summed E-state index contributed by atoms with van der Waals surface area (Å²) in [5.74, 6) is 0.740. The Morgan fingerprint density at radius 1 is 1.47 bits per heavy atom. The molecule has 0 aliphatic heterocycles. The molecule has 3 N–H and O–H groups in total. The van der Waals surface area contributed by atoms with Crippen LogP contribution in [0.3, 0.4) is 0 Å². The average molecular weight is 231 g/mol. The van der Waals surface area contributed by atoms with Gasteiger partial charge in [-0.05, 0) is 31.5 Å². The Morgan fingerprint density at radius 3 is 3.00 bits per heavy atom. The highest BCUT2D eigenvalue weighted by Crippen LogP contribution is 2.19. The van der Waals surface area contributed by atoms with Gasteiger partial charge in [0.2, 0.25) is 0 Å². The van der Waals surface area contributed by atoms with E-state index in [1.165, 1.54) is 0 Å². The van der Waals surface area contributed by atoms with Gasteiger partial charge in [-0.3, -0.25) is 4.68 Å².